The molecule has 0 aliphatic carbocycles. The van der Waals surface area contributed by atoms with Crippen molar-refractivity contribution < 1.29 is 4.74 Å². The number of methoxy groups -OCH3 is 1. The van der Waals surface area contributed by atoms with E-state index >= 15 is 0 Å². The molecule has 1 aromatic heterocycles. The molecule has 0 saturated carbocycles. The van der Waals surface area contributed by atoms with E-state index in [-0.39, 0.29) is 6.04 Å². The van der Waals surface area contributed by atoms with Gasteiger partial charge in [0.25, 0.3) is 0 Å². The van der Waals surface area contributed by atoms with Crippen molar-refractivity contribution in [3.05, 3.63) is 19.8 Å². The molecule has 1 saturated heterocycles. The number of nitrogens with two attached hydrogens (primary N) is 1. The fourth-order valence-electron chi connectivity index (χ4n) is 2.20. The molecule has 0 radical (unpaired) electrons. The Labute approximate surface area is 119 Å². The van der Waals surface area contributed by atoms with Crippen molar-refractivity contribution in [2.75, 3.05) is 26.7 Å². The summed E-state index contributed by atoms with van der Waals surface area (Å²) in [6, 6.07) is 2.33. The molecule has 1 aromatic rings. The smallest absolute Gasteiger partial charge is 0.107 e. The SMILES string of the molecule is COC1CCN(C(CN)c2cc(Br)c(Cl)s2)C1. The average Bonchev–Trinajstić information content (AvgIpc) is 2.89. The first-order valence-electron chi connectivity index (χ1n) is 5.57. The summed E-state index contributed by atoms with van der Waals surface area (Å²) in [6.45, 7) is 2.60. The Morgan fingerprint density at radius 3 is 3.00 bits per heavy atom. The van der Waals surface area contributed by atoms with Crippen LogP contribution >= 0.6 is 38.9 Å². The van der Waals surface area contributed by atoms with Crippen LogP contribution in [0.25, 0.3) is 0 Å². The lowest BCUT2D eigenvalue weighted by atomic mass is 10.2. The van der Waals surface area contributed by atoms with Crippen LogP contribution < -0.4 is 5.73 Å². The highest BCUT2D eigenvalue weighted by Crippen LogP contribution is 2.37. The van der Waals surface area contributed by atoms with E-state index in [9.17, 15) is 0 Å². The van der Waals surface area contributed by atoms with Crippen molar-refractivity contribution in [3.63, 3.8) is 0 Å². The normalized spacial score (nSPS) is 23.2. The van der Waals surface area contributed by atoms with E-state index in [1.807, 2.05) is 0 Å². The number of rotatable bonds is 4. The maximum absolute atomic E-state index is 6.08. The molecular formula is C11H16BrClN2OS. The second-order valence-corrected chi connectivity index (χ2v) is 6.70. The maximum Gasteiger partial charge on any atom is 0.107 e. The highest BCUT2D eigenvalue weighted by atomic mass is 79.9. The lowest BCUT2D eigenvalue weighted by Gasteiger charge is -2.25. The van der Waals surface area contributed by atoms with Gasteiger partial charge in [-0.1, -0.05) is 11.6 Å². The number of halogens is 2. The summed E-state index contributed by atoms with van der Waals surface area (Å²) in [5.41, 5.74) is 5.90. The van der Waals surface area contributed by atoms with E-state index in [4.69, 9.17) is 22.1 Å². The first kappa shape index (κ1) is 13.8. The summed E-state index contributed by atoms with van der Waals surface area (Å²) in [5, 5.41) is 0. The minimum Gasteiger partial charge on any atom is -0.380 e. The van der Waals surface area contributed by atoms with Crippen LogP contribution in [0.4, 0.5) is 0 Å². The van der Waals surface area contributed by atoms with Gasteiger partial charge in [0.2, 0.25) is 0 Å². The molecule has 0 bridgehead atoms. The molecule has 0 amide bonds. The first-order valence-corrected chi connectivity index (χ1v) is 7.56. The fraction of sp³-hybridized carbons (Fsp3) is 0.636. The van der Waals surface area contributed by atoms with Crippen LogP contribution in [0.1, 0.15) is 17.3 Å². The molecule has 3 nitrogen and oxygen atoms in total. The molecule has 1 aliphatic heterocycles. The van der Waals surface area contributed by atoms with E-state index < -0.39 is 0 Å². The maximum atomic E-state index is 6.08. The standard InChI is InChI=1S/C11H16BrClN2OS/c1-16-7-2-3-15(6-7)9(5-14)10-4-8(12)11(13)17-10/h4,7,9H,2-3,5-6,14H2,1H3. The van der Waals surface area contributed by atoms with Gasteiger partial charge < -0.3 is 10.5 Å². The van der Waals surface area contributed by atoms with Crippen molar-refractivity contribution in [1.82, 2.24) is 4.90 Å². The van der Waals surface area contributed by atoms with Crippen LogP contribution in [0.2, 0.25) is 4.34 Å². The second-order valence-electron chi connectivity index (χ2n) is 4.16. The molecule has 2 atom stereocenters. The van der Waals surface area contributed by atoms with Gasteiger partial charge in [0.1, 0.15) is 4.34 Å². The van der Waals surface area contributed by atoms with Gasteiger partial charge >= 0.3 is 0 Å². The Bertz CT molecular complexity index is 368. The van der Waals surface area contributed by atoms with E-state index in [2.05, 4.69) is 26.9 Å². The molecule has 2 heterocycles. The van der Waals surface area contributed by atoms with Crippen molar-refractivity contribution in [2.24, 2.45) is 5.73 Å². The van der Waals surface area contributed by atoms with Crippen LogP contribution in [-0.4, -0.2) is 37.7 Å². The van der Waals surface area contributed by atoms with Crippen molar-refractivity contribution in [2.45, 2.75) is 18.6 Å². The summed E-state index contributed by atoms with van der Waals surface area (Å²) in [5.74, 6) is 0. The molecule has 2 N–H and O–H groups in total. The van der Waals surface area contributed by atoms with Crippen molar-refractivity contribution in [3.8, 4) is 0 Å². The minimum atomic E-state index is 0.254. The first-order chi connectivity index (χ1) is 8.15. The van der Waals surface area contributed by atoms with E-state index in [0.717, 1.165) is 28.3 Å². The molecular weight excluding hydrogens is 324 g/mol. The van der Waals surface area contributed by atoms with Gasteiger partial charge in [-0.15, -0.1) is 11.3 Å². The Morgan fingerprint density at radius 1 is 1.76 bits per heavy atom. The van der Waals surface area contributed by atoms with Gasteiger partial charge in [-0.25, -0.2) is 0 Å². The average molecular weight is 340 g/mol. The molecule has 0 aromatic carbocycles. The molecule has 6 heteroatoms. The third kappa shape index (κ3) is 3.03. The summed E-state index contributed by atoms with van der Waals surface area (Å²) >= 11 is 11.1. The Morgan fingerprint density at radius 2 is 2.53 bits per heavy atom. The van der Waals surface area contributed by atoms with Gasteiger partial charge in [0, 0.05) is 36.1 Å². The fourth-order valence-corrected chi connectivity index (χ4v) is 4.09. The third-order valence-electron chi connectivity index (χ3n) is 3.17. The number of nitrogens with zero attached hydrogens (tertiary/aromatic N) is 1. The second kappa shape index (κ2) is 5.99. The largest absolute Gasteiger partial charge is 0.380 e. The number of likely N-dealkylation sites (tertiary alicyclic amines) is 1. The minimum absolute atomic E-state index is 0.254. The summed E-state index contributed by atoms with van der Waals surface area (Å²) in [6.07, 6.45) is 1.41. The predicted molar refractivity (Wildman–Crippen MR) is 75.8 cm³/mol. The van der Waals surface area contributed by atoms with Crippen LogP contribution in [0, 0.1) is 0 Å². The molecule has 17 heavy (non-hydrogen) atoms. The van der Waals surface area contributed by atoms with Gasteiger partial charge in [-0.2, -0.15) is 0 Å². The van der Waals surface area contributed by atoms with Crippen LogP contribution in [0.3, 0.4) is 0 Å². The van der Waals surface area contributed by atoms with Gasteiger partial charge in [-0.3, -0.25) is 4.90 Å². The van der Waals surface area contributed by atoms with Crippen molar-refractivity contribution in [1.29, 1.82) is 0 Å². The van der Waals surface area contributed by atoms with E-state index in [1.165, 1.54) is 4.88 Å². The predicted octanol–water partition coefficient (Wildman–Crippen LogP) is 2.88. The molecule has 96 valence electrons. The highest BCUT2D eigenvalue weighted by molar-refractivity contribution is 9.10. The zero-order chi connectivity index (χ0) is 12.4. The monoisotopic (exact) mass is 338 g/mol. The van der Waals surface area contributed by atoms with Gasteiger partial charge in [0.05, 0.1) is 12.1 Å². The Hall–Kier alpha value is 0.350. The quantitative estimate of drug-likeness (QED) is 0.916. The van der Waals surface area contributed by atoms with Crippen LogP contribution in [-0.2, 0) is 4.74 Å². The van der Waals surface area contributed by atoms with Crippen LogP contribution in [0.15, 0.2) is 10.5 Å². The van der Waals surface area contributed by atoms with Gasteiger partial charge in [0.15, 0.2) is 0 Å². The number of thiophene rings is 1. The Kier molecular flexibility index (Phi) is 4.86. The van der Waals surface area contributed by atoms with E-state index in [1.54, 1.807) is 18.4 Å². The highest BCUT2D eigenvalue weighted by Gasteiger charge is 2.29. The summed E-state index contributed by atoms with van der Waals surface area (Å²) in [7, 11) is 1.77. The Balaban J connectivity index is 2.11. The molecule has 2 rings (SSSR count). The van der Waals surface area contributed by atoms with Crippen molar-refractivity contribution >= 4 is 38.9 Å². The molecule has 0 spiro atoms. The zero-order valence-electron chi connectivity index (χ0n) is 9.66. The summed E-state index contributed by atoms with van der Waals surface area (Å²) < 4.78 is 7.14. The molecule has 1 fully saturated rings. The zero-order valence-corrected chi connectivity index (χ0v) is 12.8. The number of hydrogen-bond donors (Lipinski definition) is 1. The molecule has 1 aliphatic rings. The number of ether oxygens (including phenoxy) is 1. The molecule has 2 unspecified atom stereocenters. The lowest BCUT2D eigenvalue weighted by molar-refractivity contribution is 0.102. The third-order valence-corrected chi connectivity index (χ3v) is 5.74. The topological polar surface area (TPSA) is 38.5 Å². The lowest BCUT2D eigenvalue weighted by Crippen LogP contribution is -2.32. The van der Waals surface area contributed by atoms with E-state index in [0.29, 0.717) is 12.6 Å². The summed E-state index contributed by atoms with van der Waals surface area (Å²) in [4.78, 5) is 3.60. The number of hydrogen-bond acceptors (Lipinski definition) is 4. The van der Waals surface area contributed by atoms with Gasteiger partial charge in [-0.05, 0) is 28.4 Å². The van der Waals surface area contributed by atoms with Crippen LogP contribution in [0.5, 0.6) is 0 Å².